The smallest absolute Gasteiger partial charge is 0.254 e. The molecule has 0 aliphatic rings. The number of rotatable bonds is 5. The number of hydrogen-bond donors (Lipinski definition) is 0. The Bertz CT molecular complexity index is 451. The fourth-order valence-corrected chi connectivity index (χ4v) is 1.56. The first-order valence-electron chi connectivity index (χ1n) is 5.97. The number of benzene rings is 1. The van der Waals surface area contributed by atoms with Crippen LogP contribution in [0.1, 0.15) is 30.6 Å². The molecule has 0 spiro atoms. The molecule has 1 rings (SSSR count). The van der Waals surface area contributed by atoms with Gasteiger partial charge in [-0.25, -0.2) is 0 Å². The van der Waals surface area contributed by atoms with Crippen LogP contribution < -0.4 is 4.74 Å². The van der Waals surface area contributed by atoms with E-state index in [0.29, 0.717) is 24.3 Å². The highest BCUT2D eigenvalue weighted by Crippen LogP contribution is 2.16. The van der Waals surface area contributed by atoms with E-state index in [-0.39, 0.29) is 11.9 Å². The second-order valence-corrected chi connectivity index (χ2v) is 4.09. The molecule has 0 heterocycles. The van der Waals surface area contributed by atoms with E-state index in [1.807, 2.05) is 19.9 Å². The van der Waals surface area contributed by atoms with E-state index in [1.165, 1.54) is 0 Å². The fraction of sp³-hybridized carbons (Fsp3) is 0.429. The van der Waals surface area contributed by atoms with Gasteiger partial charge < -0.3 is 9.64 Å². The first-order valence-corrected chi connectivity index (χ1v) is 5.97. The minimum atomic E-state index is -0.0988. The van der Waals surface area contributed by atoms with Gasteiger partial charge in [0.15, 0.2) is 0 Å². The Hall–Kier alpha value is -2.02. The molecule has 1 amide bonds. The van der Waals surface area contributed by atoms with Crippen molar-refractivity contribution in [3.8, 4) is 11.8 Å². The van der Waals surface area contributed by atoms with Crippen LogP contribution in [0.2, 0.25) is 0 Å². The number of ether oxygens (including phenoxy) is 1. The van der Waals surface area contributed by atoms with Gasteiger partial charge in [0.05, 0.1) is 19.1 Å². The average Bonchev–Trinajstić information content (AvgIpc) is 2.38. The van der Waals surface area contributed by atoms with Crippen molar-refractivity contribution in [1.82, 2.24) is 4.90 Å². The molecule has 1 atom stereocenters. The highest BCUT2D eigenvalue weighted by Gasteiger charge is 2.17. The number of hydrogen-bond acceptors (Lipinski definition) is 3. The zero-order chi connectivity index (χ0) is 13.5. The summed E-state index contributed by atoms with van der Waals surface area (Å²) in [6, 6.07) is 9.05. The summed E-state index contributed by atoms with van der Waals surface area (Å²) in [5, 5.41) is 8.64. The number of nitrogens with zero attached hydrogens (tertiary/aromatic N) is 2. The summed E-state index contributed by atoms with van der Waals surface area (Å²) in [5.74, 6) is 0.587. The number of amides is 1. The fourth-order valence-electron chi connectivity index (χ4n) is 1.56. The van der Waals surface area contributed by atoms with Crippen LogP contribution >= 0.6 is 0 Å². The van der Waals surface area contributed by atoms with Crippen molar-refractivity contribution in [2.24, 2.45) is 0 Å². The molecule has 0 N–H and O–H groups in total. The van der Waals surface area contributed by atoms with Gasteiger partial charge in [0.2, 0.25) is 0 Å². The molecular weight excluding hydrogens is 228 g/mol. The second kappa shape index (κ2) is 6.65. The molecule has 0 aliphatic carbocycles. The number of carbonyl (C=O) groups is 1. The van der Waals surface area contributed by atoms with Crippen molar-refractivity contribution in [2.75, 3.05) is 13.7 Å². The van der Waals surface area contributed by atoms with E-state index in [4.69, 9.17) is 10.00 Å². The molecule has 0 aliphatic heterocycles. The van der Waals surface area contributed by atoms with Gasteiger partial charge in [-0.15, -0.1) is 0 Å². The lowest BCUT2D eigenvalue weighted by Crippen LogP contribution is -2.34. The standard InChI is InChI=1S/C14H18N2O2/c1-4-18-13-7-5-6-12(10-13)14(17)16(3)11(2)8-9-15/h5-7,10-11H,4,8H2,1-3H3/t11-/m1/s1. The summed E-state index contributed by atoms with van der Waals surface area (Å²) in [7, 11) is 1.71. The van der Waals surface area contributed by atoms with Crippen LogP contribution in [0.4, 0.5) is 0 Å². The molecule has 1 aromatic carbocycles. The van der Waals surface area contributed by atoms with E-state index >= 15 is 0 Å². The van der Waals surface area contributed by atoms with Crippen LogP contribution in [0.25, 0.3) is 0 Å². The molecule has 0 saturated heterocycles. The van der Waals surface area contributed by atoms with Gasteiger partial charge in [-0.05, 0) is 32.0 Å². The average molecular weight is 246 g/mol. The monoisotopic (exact) mass is 246 g/mol. The Morgan fingerprint density at radius 2 is 2.28 bits per heavy atom. The topological polar surface area (TPSA) is 53.3 Å². The van der Waals surface area contributed by atoms with Gasteiger partial charge in [-0.3, -0.25) is 4.79 Å². The van der Waals surface area contributed by atoms with Gasteiger partial charge in [0, 0.05) is 18.7 Å². The summed E-state index contributed by atoms with van der Waals surface area (Å²) < 4.78 is 5.36. The van der Waals surface area contributed by atoms with Crippen molar-refractivity contribution in [3.05, 3.63) is 29.8 Å². The van der Waals surface area contributed by atoms with Gasteiger partial charge in [-0.2, -0.15) is 5.26 Å². The van der Waals surface area contributed by atoms with Crippen LogP contribution in [0.5, 0.6) is 5.75 Å². The normalized spacial score (nSPS) is 11.4. The highest BCUT2D eigenvalue weighted by molar-refractivity contribution is 5.94. The van der Waals surface area contributed by atoms with Crippen molar-refractivity contribution < 1.29 is 9.53 Å². The van der Waals surface area contributed by atoms with E-state index in [1.54, 1.807) is 30.1 Å². The first kappa shape index (κ1) is 14.0. The zero-order valence-corrected chi connectivity index (χ0v) is 11.0. The highest BCUT2D eigenvalue weighted by atomic mass is 16.5. The SMILES string of the molecule is CCOc1cccc(C(=O)N(C)[C@H](C)CC#N)c1. The van der Waals surface area contributed by atoms with E-state index in [2.05, 4.69) is 6.07 Å². The van der Waals surface area contributed by atoms with Gasteiger partial charge >= 0.3 is 0 Å². The van der Waals surface area contributed by atoms with Crippen LogP contribution in [-0.2, 0) is 0 Å². The number of nitriles is 1. The van der Waals surface area contributed by atoms with Crippen molar-refractivity contribution in [1.29, 1.82) is 5.26 Å². The van der Waals surface area contributed by atoms with E-state index in [9.17, 15) is 4.79 Å². The molecule has 0 aromatic heterocycles. The minimum absolute atomic E-state index is 0.0979. The molecule has 0 saturated carbocycles. The molecular formula is C14H18N2O2. The van der Waals surface area contributed by atoms with Crippen LogP contribution in [0.15, 0.2) is 24.3 Å². The van der Waals surface area contributed by atoms with Gasteiger partial charge in [0.25, 0.3) is 5.91 Å². The third-order valence-corrected chi connectivity index (χ3v) is 2.76. The van der Waals surface area contributed by atoms with Gasteiger partial charge in [-0.1, -0.05) is 6.07 Å². The van der Waals surface area contributed by atoms with Crippen molar-refractivity contribution >= 4 is 5.91 Å². The molecule has 0 fully saturated rings. The predicted octanol–water partition coefficient (Wildman–Crippen LogP) is 2.46. The number of carbonyl (C=O) groups excluding carboxylic acids is 1. The lowest BCUT2D eigenvalue weighted by Gasteiger charge is -2.23. The Morgan fingerprint density at radius 1 is 1.56 bits per heavy atom. The Labute approximate surface area is 108 Å². The second-order valence-electron chi connectivity index (χ2n) is 4.09. The Morgan fingerprint density at radius 3 is 2.89 bits per heavy atom. The third-order valence-electron chi connectivity index (χ3n) is 2.76. The summed E-state index contributed by atoms with van der Waals surface area (Å²) in [6.07, 6.45) is 0.327. The molecule has 4 heteroatoms. The maximum Gasteiger partial charge on any atom is 0.254 e. The lowest BCUT2D eigenvalue weighted by molar-refractivity contribution is 0.0746. The van der Waals surface area contributed by atoms with Crippen molar-refractivity contribution in [2.45, 2.75) is 26.3 Å². The Balaban J connectivity index is 2.83. The molecule has 1 aromatic rings. The summed E-state index contributed by atoms with van der Waals surface area (Å²) in [5.41, 5.74) is 0.577. The largest absolute Gasteiger partial charge is 0.494 e. The lowest BCUT2D eigenvalue weighted by atomic mass is 10.1. The Kier molecular flexibility index (Phi) is 5.19. The summed E-state index contributed by atoms with van der Waals surface area (Å²) in [6.45, 7) is 4.32. The van der Waals surface area contributed by atoms with E-state index < -0.39 is 0 Å². The zero-order valence-electron chi connectivity index (χ0n) is 11.0. The van der Waals surface area contributed by atoms with Gasteiger partial charge in [0.1, 0.15) is 5.75 Å². The van der Waals surface area contributed by atoms with Crippen LogP contribution in [0, 0.1) is 11.3 Å². The minimum Gasteiger partial charge on any atom is -0.494 e. The molecule has 0 unspecified atom stereocenters. The third kappa shape index (κ3) is 3.49. The quantitative estimate of drug-likeness (QED) is 0.802. The van der Waals surface area contributed by atoms with Crippen LogP contribution in [0.3, 0.4) is 0 Å². The first-order chi connectivity index (χ1) is 8.60. The predicted molar refractivity (Wildman–Crippen MR) is 69.4 cm³/mol. The summed E-state index contributed by atoms with van der Waals surface area (Å²) in [4.78, 5) is 13.8. The molecule has 0 bridgehead atoms. The summed E-state index contributed by atoms with van der Waals surface area (Å²) >= 11 is 0. The molecule has 96 valence electrons. The maximum atomic E-state index is 12.2. The van der Waals surface area contributed by atoms with Crippen molar-refractivity contribution in [3.63, 3.8) is 0 Å². The van der Waals surface area contributed by atoms with Crippen LogP contribution in [-0.4, -0.2) is 30.5 Å². The molecule has 18 heavy (non-hydrogen) atoms. The maximum absolute atomic E-state index is 12.2. The van der Waals surface area contributed by atoms with E-state index in [0.717, 1.165) is 0 Å². The molecule has 4 nitrogen and oxygen atoms in total. The molecule has 0 radical (unpaired) electrons.